The summed E-state index contributed by atoms with van der Waals surface area (Å²) in [7, 11) is 0. The molecule has 6 nitrogen and oxygen atoms in total. The van der Waals surface area contributed by atoms with Crippen molar-refractivity contribution >= 4 is 23.0 Å². The summed E-state index contributed by atoms with van der Waals surface area (Å²) in [5.41, 5.74) is 10.6. The number of hydrogen-bond donors (Lipinski definition) is 2. The quantitative estimate of drug-likeness (QED) is 0.149. The van der Waals surface area contributed by atoms with Crippen molar-refractivity contribution in [3.05, 3.63) is 112 Å². The molecule has 0 aromatic heterocycles. The molecule has 1 unspecified atom stereocenters. The van der Waals surface area contributed by atoms with Gasteiger partial charge in [-0.3, -0.25) is 0 Å². The summed E-state index contributed by atoms with van der Waals surface area (Å²) in [5.74, 6) is 1.04. The molecule has 0 fully saturated rings. The van der Waals surface area contributed by atoms with Gasteiger partial charge in [-0.15, -0.1) is 0 Å². The number of anilines is 3. The lowest BCUT2D eigenvalue weighted by Gasteiger charge is -2.37. The van der Waals surface area contributed by atoms with E-state index < -0.39 is 5.60 Å². The van der Waals surface area contributed by atoms with Crippen LogP contribution in [0.5, 0.6) is 11.5 Å². The van der Waals surface area contributed by atoms with Crippen molar-refractivity contribution in [3.63, 3.8) is 0 Å². The van der Waals surface area contributed by atoms with Crippen LogP contribution < -0.4 is 15.5 Å². The number of rotatable bonds is 10. The first-order valence-electron chi connectivity index (χ1n) is 15.1. The van der Waals surface area contributed by atoms with Crippen molar-refractivity contribution in [2.45, 2.75) is 59.0 Å². The minimum absolute atomic E-state index is 0.328. The molecule has 0 amide bonds. The minimum atomic E-state index is -1.12. The average molecular weight is 562 g/mol. The van der Waals surface area contributed by atoms with Crippen LogP contribution in [0.25, 0.3) is 0 Å². The maximum Gasteiger partial charge on any atom is 0.340 e. The number of carbonyl (C=O) groups excluding carboxylic acids is 1. The minimum Gasteiger partial charge on any atom is -0.456 e. The lowest BCUT2D eigenvalue weighted by Crippen LogP contribution is -2.34. The van der Waals surface area contributed by atoms with Crippen LogP contribution in [0.15, 0.2) is 78.9 Å². The number of nitrogens with one attached hydrogen (secondary N) is 2. The third kappa shape index (κ3) is 4.90. The number of hydrogen-bond acceptors (Lipinski definition) is 6. The van der Waals surface area contributed by atoms with Crippen molar-refractivity contribution < 1.29 is 14.3 Å². The van der Waals surface area contributed by atoms with Gasteiger partial charge in [-0.2, -0.15) is 0 Å². The highest BCUT2D eigenvalue weighted by atomic mass is 16.6. The number of para-hydroxylation sites is 1. The van der Waals surface area contributed by atoms with Crippen LogP contribution in [0.2, 0.25) is 0 Å². The maximum absolute atomic E-state index is 13.4. The molecule has 0 aliphatic carbocycles. The Morgan fingerprint density at radius 2 is 1.45 bits per heavy atom. The molecule has 2 heterocycles. The average Bonchev–Trinajstić information content (AvgIpc) is 3.29. The molecule has 2 N–H and O–H groups in total. The van der Waals surface area contributed by atoms with E-state index in [1.54, 1.807) is 0 Å². The predicted octanol–water partition coefficient (Wildman–Crippen LogP) is 8.84. The van der Waals surface area contributed by atoms with Crippen molar-refractivity contribution in [3.8, 4) is 11.5 Å². The molecule has 1 spiro atoms. The second-order valence-electron chi connectivity index (χ2n) is 11.3. The molecule has 1 atom stereocenters. The van der Waals surface area contributed by atoms with E-state index in [-0.39, 0.29) is 5.97 Å². The zero-order valence-electron chi connectivity index (χ0n) is 24.9. The molecule has 4 aromatic rings. The van der Waals surface area contributed by atoms with Crippen LogP contribution in [-0.2, 0) is 10.3 Å². The number of unbranched alkanes of at least 4 members (excludes halogenated alkanes) is 2. The fourth-order valence-corrected chi connectivity index (χ4v) is 5.99. The first kappa shape index (κ1) is 27.9. The largest absolute Gasteiger partial charge is 0.456 e. The van der Waals surface area contributed by atoms with E-state index in [0.717, 1.165) is 83.7 Å². The number of esters is 1. The predicted molar refractivity (Wildman–Crippen MR) is 169 cm³/mol. The van der Waals surface area contributed by atoms with Gasteiger partial charge < -0.3 is 20.2 Å². The van der Waals surface area contributed by atoms with E-state index in [1.165, 1.54) is 0 Å². The monoisotopic (exact) mass is 561 g/mol. The van der Waals surface area contributed by atoms with Gasteiger partial charge in [-0.1, -0.05) is 63.1 Å². The molecule has 2 aliphatic heterocycles. The first-order chi connectivity index (χ1) is 20.4. The zero-order chi connectivity index (χ0) is 29.3. The van der Waals surface area contributed by atoms with Gasteiger partial charge in [0.15, 0.2) is 5.60 Å². The number of ether oxygens (including phenoxy) is 2. The molecule has 6 rings (SSSR count). The van der Waals surface area contributed by atoms with Gasteiger partial charge in [0.25, 0.3) is 0 Å². The number of nitrogens with zero attached hydrogens (tertiary/aromatic N) is 1. The molecule has 2 aliphatic rings. The van der Waals surface area contributed by atoms with E-state index in [2.05, 4.69) is 67.7 Å². The summed E-state index contributed by atoms with van der Waals surface area (Å²) in [6, 6.07) is 26.2. The van der Waals surface area contributed by atoms with Crippen molar-refractivity contribution in [2.75, 3.05) is 23.8 Å². The number of benzene rings is 4. The van der Waals surface area contributed by atoms with Gasteiger partial charge in [-0.25, -0.2) is 9.80 Å². The number of aryl methyl sites for hydroxylation is 2. The highest BCUT2D eigenvalue weighted by Crippen LogP contribution is 2.57. The Hall–Kier alpha value is -4.29. The van der Waals surface area contributed by atoms with Crippen LogP contribution >= 0.6 is 0 Å². The Morgan fingerprint density at radius 3 is 2.21 bits per heavy atom. The highest BCUT2D eigenvalue weighted by molar-refractivity contribution is 5.97. The number of fused-ring (bicyclic) bond motifs is 6. The molecule has 0 radical (unpaired) electrons. The maximum atomic E-state index is 13.4. The van der Waals surface area contributed by atoms with Gasteiger partial charge >= 0.3 is 5.97 Å². The van der Waals surface area contributed by atoms with Gasteiger partial charge in [0.2, 0.25) is 0 Å². The summed E-state index contributed by atoms with van der Waals surface area (Å²) in [4.78, 5) is 13.4. The Morgan fingerprint density at radius 1 is 0.738 bits per heavy atom. The van der Waals surface area contributed by atoms with E-state index >= 15 is 0 Å². The first-order valence-corrected chi connectivity index (χ1v) is 15.1. The van der Waals surface area contributed by atoms with Crippen LogP contribution in [0.1, 0.15) is 77.7 Å². The summed E-state index contributed by atoms with van der Waals surface area (Å²) in [6.07, 6.45) is 4.53. The standard InChI is InChI=1S/C36H39N3O3/c1-5-7-19-39(20-8-6-2)38-26-17-18-29-34(22-26)41-33-21-25(4)32(37-31-16-12-9-13-24(31)3)23-30(33)36(29)28-15-11-10-14-27(28)35(40)42-36/h9-18,21-23,37-38H,5-8,19-20H2,1-4H3. The molecule has 216 valence electrons. The Bertz CT molecular complexity index is 1620. The summed E-state index contributed by atoms with van der Waals surface area (Å²) in [6.45, 7) is 10.5. The molecule has 0 saturated carbocycles. The van der Waals surface area contributed by atoms with Crippen LogP contribution in [0, 0.1) is 13.8 Å². The number of carbonyl (C=O) groups is 1. The molecule has 0 saturated heterocycles. The van der Waals surface area contributed by atoms with Gasteiger partial charge in [0.1, 0.15) is 11.5 Å². The Balaban J connectivity index is 1.46. The molecular formula is C36H39N3O3. The molecule has 6 heteroatoms. The van der Waals surface area contributed by atoms with E-state index in [0.29, 0.717) is 17.1 Å². The molecule has 4 aromatic carbocycles. The smallest absolute Gasteiger partial charge is 0.340 e. The van der Waals surface area contributed by atoms with Crippen LogP contribution in [-0.4, -0.2) is 24.1 Å². The summed E-state index contributed by atoms with van der Waals surface area (Å²) >= 11 is 0. The topological polar surface area (TPSA) is 62.8 Å². The van der Waals surface area contributed by atoms with Crippen molar-refractivity contribution in [1.82, 2.24) is 5.01 Å². The highest BCUT2D eigenvalue weighted by Gasteiger charge is 2.53. The molecular weight excluding hydrogens is 522 g/mol. The number of hydrazine groups is 1. The third-order valence-corrected chi connectivity index (χ3v) is 8.32. The Labute approximate surface area is 248 Å². The van der Waals surface area contributed by atoms with E-state index in [4.69, 9.17) is 9.47 Å². The van der Waals surface area contributed by atoms with Crippen molar-refractivity contribution in [1.29, 1.82) is 0 Å². The SMILES string of the molecule is CCCCN(CCCC)Nc1ccc2c(c1)Oc1cc(C)c(Nc3ccccc3C)cc1C21OC(=O)c2ccccc21. The fourth-order valence-electron chi connectivity index (χ4n) is 5.99. The fraction of sp³-hybridized carbons (Fsp3) is 0.306. The molecule has 42 heavy (non-hydrogen) atoms. The summed E-state index contributed by atoms with van der Waals surface area (Å²) < 4.78 is 13.1. The van der Waals surface area contributed by atoms with Gasteiger partial charge in [0.05, 0.1) is 11.3 Å². The lowest BCUT2D eigenvalue weighted by molar-refractivity contribution is 0.0224. The van der Waals surface area contributed by atoms with E-state index in [9.17, 15) is 4.79 Å². The van der Waals surface area contributed by atoms with Gasteiger partial charge in [0, 0.05) is 47.2 Å². The summed E-state index contributed by atoms with van der Waals surface area (Å²) in [5, 5.41) is 5.90. The van der Waals surface area contributed by atoms with Crippen molar-refractivity contribution in [2.24, 2.45) is 0 Å². The van der Waals surface area contributed by atoms with Crippen LogP contribution in [0.4, 0.5) is 17.1 Å². The van der Waals surface area contributed by atoms with Crippen LogP contribution in [0.3, 0.4) is 0 Å². The third-order valence-electron chi connectivity index (χ3n) is 8.32. The van der Waals surface area contributed by atoms with Gasteiger partial charge in [-0.05, 0) is 74.2 Å². The molecule has 0 bridgehead atoms. The zero-order valence-corrected chi connectivity index (χ0v) is 24.9. The lowest BCUT2D eigenvalue weighted by atomic mass is 9.77. The Kier molecular flexibility index (Phi) is 7.65. The second kappa shape index (κ2) is 11.5. The normalized spacial score (nSPS) is 16.5. The van der Waals surface area contributed by atoms with E-state index in [1.807, 2.05) is 54.6 Å². The second-order valence-corrected chi connectivity index (χ2v) is 11.3.